The van der Waals surface area contributed by atoms with Crippen molar-refractivity contribution in [1.82, 2.24) is 0 Å². The SMILES string of the molecule is C=CC(=O)C(O)COP(=O)(OC)c1ccccc1. The molecule has 5 nitrogen and oxygen atoms in total. The van der Waals surface area contributed by atoms with Gasteiger partial charge in [0, 0.05) is 7.11 Å². The van der Waals surface area contributed by atoms with Crippen LogP contribution in [0, 0.1) is 0 Å². The molecule has 1 aromatic carbocycles. The third-order valence-electron chi connectivity index (χ3n) is 2.24. The number of hydrogen-bond donors (Lipinski definition) is 1. The molecule has 0 heterocycles. The summed E-state index contributed by atoms with van der Waals surface area (Å²) in [6.07, 6.45) is -0.413. The van der Waals surface area contributed by atoms with Crippen LogP contribution in [0.3, 0.4) is 0 Å². The third-order valence-corrected chi connectivity index (χ3v) is 4.15. The number of ketones is 1. The second-order valence-corrected chi connectivity index (χ2v) is 5.57. The molecule has 0 aliphatic carbocycles. The van der Waals surface area contributed by atoms with Crippen molar-refractivity contribution in [2.24, 2.45) is 0 Å². The van der Waals surface area contributed by atoms with Gasteiger partial charge >= 0.3 is 7.60 Å². The fraction of sp³-hybridized carbons (Fsp3) is 0.250. The van der Waals surface area contributed by atoms with Crippen LogP contribution in [0.5, 0.6) is 0 Å². The third kappa shape index (κ3) is 3.62. The van der Waals surface area contributed by atoms with Crippen LogP contribution in [0.25, 0.3) is 0 Å². The van der Waals surface area contributed by atoms with Gasteiger partial charge in [-0.25, -0.2) is 0 Å². The highest BCUT2D eigenvalue weighted by molar-refractivity contribution is 7.62. The molecule has 2 atom stereocenters. The Kier molecular flexibility index (Phi) is 5.44. The minimum absolute atomic E-state index is 0.366. The fourth-order valence-electron chi connectivity index (χ4n) is 1.23. The van der Waals surface area contributed by atoms with Crippen LogP contribution in [-0.4, -0.2) is 30.7 Å². The van der Waals surface area contributed by atoms with Gasteiger partial charge in [0.2, 0.25) is 0 Å². The highest BCUT2D eigenvalue weighted by atomic mass is 31.2. The van der Waals surface area contributed by atoms with Crippen LogP contribution in [0.1, 0.15) is 0 Å². The number of benzene rings is 1. The van der Waals surface area contributed by atoms with Crippen molar-refractivity contribution in [3.8, 4) is 0 Å². The Morgan fingerprint density at radius 3 is 2.61 bits per heavy atom. The van der Waals surface area contributed by atoms with Gasteiger partial charge in [0.25, 0.3) is 0 Å². The lowest BCUT2D eigenvalue weighted by atomic mass is 10.2. The maximum absolute atomic E-state index is 12.3. The van der Waals surface area contributed by atoms with Gasteiger partial charge in [-0.05, 0) is 18.2 Å². The molecule has 6 heteroatoms. The molecule has 0 spiro atoms. The molecule has 0 aromatic heterocycles. The van der Waals surface area contributed by atoms with Crippen LogP contribution in [0.15, 0.2) is 43.0 Å². The van der Waals surface area contributed by atoms with E-state index in [9.17, 15) is 14.5 Å². The Hall–Kier alpha value is -1.26. The minimum atomic E-state index is -3.50. The molecule has 0 saturated heterocycles. The molecule has 0 aliphatic heterocycles. The normalized spacial score (nSPS) is 15.7. The van der Waals surface area contributed by atoms with Gasteiger partial charge in [0.15, 0.2) is 5.78 Å². The van der Waals surface area contributed by atoms with E-state index < -0.39 is 26.1 Å². The van der Waals surface area contributed by atoms with E-state index in [0.717, 1.165) is 6.08 Å². The maximum Gasteiger partial charge on any atom is 0.361 e. The molecule has 0 radical (unpaired) electrons. The Bertz CT molecular complexity index is 457. The molecule has 0 amide bonds. The van der Waals surface area contributed by atoms with Crippen molar-refractivity contribution in [2.75, 3.05) is 13.7 Å². The molecular formula is C12H15O5P. The Labute approximate surface area is 106 Å². The number of carbonyl (C=O) groups is 1. The maximum atomic E-state index is 12.3. The summed E-state index contributed by atoms with van der Waals surface area (Å²) in [7, 11) is -2.26. The lowest BCUT2D eigenvalue weighted by Crippen LogP contribution is -2.25. The molecule has 0 saturated carbocycles. The van der Waals surface area contributed by atoms with Gasteiger partial charge in [0.05, 0.1) is 11.9 Å². The minimum Gasteiger partial charge on any atom is -0.382 e. The van der Waals surface area contributed by atoms with Gasteiger partial charge < -0.3 is 14.2 Å². The highest BCUT2D eigenvalue weighted by Crippen LogP contribution is 2.45. The number of rotatable bonds is 7. The van der Waals surface area contributed by atoms with Crippen molar-refractivity contribution in [3.05, 3.63) is 43.0 Å². The van der Waals surface area contributed by atoms with E-state index in [1.54, 1.807) is 30.3 Å². The van der Waals surface area contributed by atoms with E-state index >= 15 is 0 Å². The van der Waals surface area contributed by atoms with Crippen molar-refractivity contribution in [2.45, 2.75) is 6.10 Å². The fourth-order valence-corrected chi connectivity index (χ4v) is 2.57. The average Bonchev–Trinajstić information content (AvgIpc) is 2.44. The van der Waals surface area contributed by atoms with E-state index in [2.05, 4.69) is 6.58 Å². The van der Waals surface area contributed by atoms with Crippen molar-refractivity contribution < 1.29 is 23.5 Å². The zero-order valence-electron chi connectivity index (χ0n) is 9.98. The highest BCUT2D eigenvalue weighted by Gasteiger charge is 2.27. The molecule has 1 rings (SSSR count). The number of aliphatic hydroxyl groups excluding tert-OH is 1. The summed E-state index contributed by atoms with van der Waals surface area (Å²) in [5.74, 6) is -0.592. The lowest BCUT2D eigenvalue weighted by molar-refractivity contribution is -0.123. The molecule has 0 fully saturated rings. The van der Waals surface area contributed by atoms with E-state index in [4.69, 9.17) is 9.05 Å². The molecule has 1 N–H and O–H groups in total. The lowest BCUT2D eigenvalue weighted by Gasteiger charge is -2.17. The van der Waals surface area contributed by atoms with E-state index in [0.29, 0.717) is 5.30 Å². The number of aliphatic hydroxyl groups is 1. The Balaban J connectivity index is 2.76. The molecular weight excluding hydrogens is 255 g/mol. The first-order valence-electron chi connectivity index (χ1n) is 5.24. The summed E-state index contributed by atoms with van der Waals surface area (Å²) in [6.45, 7) is 2.83. The topological polar surface area (TPSA) is 72.8 Å². The molecule has 18 heavy (non-hydrogen) atoms. The zero-order valence-corrected chi connectivity index (χ0v) is 10.9. The second-order valence-electron chi connectivity index (χ2n) is 3.43. The number of carbonyl (C=O) groups excluding carboxylic acids is 1. The molecule has 2 unspecified atom stereocenters. The van der Waals surface area contributed by atoms with Crippen molar-refractivity contribution in [1.29, 1.82) is 0 Å². The Morgan fingerprint density at radius 2 is 2.11 bits per heavy atom. The van der Waals surface area contributed by atoms with Crippen LogP contribution < -0.4 is 5.30 Å². The zero-order chi connectivity index (χ0) is 13.6. The smallest absolute Gasteiger partial charge is 0.361 e. The van der Waals surface area contributed by atoms with E-state index in [1.165, 1.54) is 7.11 Å². The van der Waals surface area contributed by atoms with Gasteiger partial charge in [0.1, 0.15) is 6.10 Å². The van der Waals surface area contributed by atoms with Crippen LogP contribution in [0.4, 0.5) is 0 Å². The van der Waals surface area contributed by atoms with Crippen LogP contribution >= 0.6 is 7.60 Å². The van der Waals surface area contributed by atoms with E-state index in [-0.39, 0.29) is 0 Å². The van der Waals surface area contributed by atoms with Gasteiger partial charge in [-0.2, -0.15) is 0 Å². The second kappa shape index (κ2) is 6.61. The van der Waals surface area contributed by atoms with E-state index in [1.807, 2.05) is 0 Å². The summed E-state index contributed by atoms with van der Waals surface area (Å²) in [5, 5.41) is 9.77. The summed E-state index contributed by atoms with van der Waals surface area (Å²) < 4.78 is 22.2. The largest absolute Gasteiger partial charge is 0.382 e. The quantitative estimate of drug-likeness (QED) is 0.597. The summed E-state index contributed by atoms with van der Waals surface area (Å²) in [4.78, 5) is 11.1. The monoisotopic (exact) mass is 270 g/mol. The summed E-state index contributed by atoms with van der Waals surface area (Å²) in [5.41, 5.74) is 0. The first-order chi connectivity index (χ1) is 8.53. The average molecular weight is 270 g/mol. The first-order valence-corrected chi connectivity index (χ1v) is 6.78. The molecule has 0 bridgehead atoms. The van der Waals surface area contributed by atoms with Crippen molar-refractivity contribution >= 4 is 18.7 Å². The molecule has 1 aromatic rings. The molecule has 98 valence electrons. The first kappa shape index (κ1) is 14.8. The number of hydrogen-bond acceptors (Lipinski definition) is 5. The van der Waals surface area contributed by atoms with Crippen LogP contribution in [0.2, 0.25) is 0 Å². The van der Waals surface area contributed by atoms with Crippen molar-refractivity contribution in [3.63, 3.8) is 0 Å². The predicted octanol–water partition coefficient (Wildman–Crippen LogP) is 1.28. The molecule has 0 aliphatic rings. The predicted molar refractivity (Wildman–Crippen MR) is 67.9 cm³/mol. The standard InChI is InChI=1S/C12H15O5P/c1-3-11(13)12(14)9-17-18(15,16-2)10-7-5-4-6-8-10/h3-8,12,14H,1,9H2,2H3. The van der Waals surface area contributed by atoms with Gasteiger partial charge in [-0.3, -0.25) is 9.36 Å². The van der Waals surface area contributed by atoms with Gasteiger partial charge in [-0.1, -0.05) is 24.8 Å². The summed E-state index contributed by atoms with van der Waals surface area (Å²) >= 11 is 0. The summed E-state index contributed by atoms with van der Waals surface area (Å²) in [6, 6.07) is 8.32. The Morgan fingerprint density at radius 1 is 1.50 bits per heavy atom. The van der Waals surface area contributed by atoms with Gasteiger partial charge in [-0.15, -0.1) is 0 Å². The van der Waals surface area contributed by atoms with Crippen LogP contribution in [-0.2, 0) is 18.4 Å².